The number of rotatable bonds is 3. The van der Waals surface area contributed by atoms with Crippen LogP contribution in [-0.2, 0) is 16.1 Å². The summed E-state index contributed by atoms with van der Waals surface area (Å²) in [4.78, 5) is 33.8. The summed E-state index contributed by atoms with van der Waals surface area (Å²) in [6, 6.07) is 8.26. The lowest BCUT2D eigenvalue weighted by Crippen LogP contribution is -2.65. The van der Waals surface area contributed by atoms with Crippen LogP contribution in [0.1, 0.15) is 5.56 Å². The fourth-order valence-electron chi connectivity index (χ4n) is 1.61. The van der Waals surface area contributed by atoms with E-state index in [4.69, 9.17) is 9.84 Å². The highest BCUT2D eigenvalue weighted by atomic mass is 16.5. The maximum Gasteiger partial charge on any atom is 0.414 e. The van der Waals surface area contributed by atoms with Crippen LogP contribution >= 0.6 is 0 Å². The van der Waals surface area contributed by atoms with Crippen molar-refractivity contribution in [2.24, 2.45) is 0 Å². The molecule has 1 unspecified atom stereocenters. The van der Waals surface area contributed by atoms with Crippen molar-refractivity contribution in [1.82, 2.24) is 10.2 Å². The van der Waals surface area contributed by atoms with Gasteiger partial charge in [0.05, 0.1) is 6.54 Å². The molecule has 19 heavy (non-hydrogen) atoms. The first kappa shape index (κ1) is 12.9. The first-order chi connectivity index (χ1) is 9.08. The molecular weight excluding hydrogens is 252 g/mol. The van der Waals surface area contributed by atoms with Gasteiger partial charge in [0.2, 0.25) is 0 Å². The second kappa shape index (κ2) is 5.38. The van der Waals surface area contributed by atoms with Crippen LogP contribution in [0, 0.1) is 0 Å². The Balaban J connectivity index is 1.74. The molecule has 2 rings (SSSR count). The molecular formula is C12H12N2O5. The number of carboxylic acid groups (broad SMARTS) is 1. The standard InChI is InChI=1S/C12H12N2O5/c15-10-9(6-14(10)12(17)18)13-11(16)19-7-8-4-2-1-3-5-8/h1-5,9H,6-7H2,(H,13,16)(H,17,18). The fourth-order valence-corrected chi connectivity index (χ4v) is 1.61. The number of imide groups is 1. The van der Waals surface area contributed by atoms with E-state index in [0.717, 1.165) is 5.56 Å². The number of alkyl carbamates (subject to hydrolysis) is 1. The molecule has 1 saturated heterocycles. The van der Waals surface area contributed by atoms with Crippen LogP contribution in [0.2, 0.25) is 0 Å². The first-order valence-corrected chi connectivity index (χ1v) is 5.59. The second-order valence-electron chi connectivity index (χ2n) is 3.99. The van der Waals surface area contributed by atoms with Crippen molar-refractivity contribution in [3.63, 3.8) is 0 Å². The van der Waals surface area contributed by atoms with Crippen molar-refractivity contribution < 1.29 is 24.2 Å². The number of ether oxygens (including phenoxy) is 1. The Bertz CT molecular complexity index is 502. The minimum Gasteiger partial charge on any atom is -0.465 e. The number of β-lactam (4-membered cyclic amide) rings is 1. The van der Waals surface area contributed by atoms with Crippen LogP contribution in [0.3, 0.4) is 0 Å². The van der Waals surface area contributed by atoms with E-state index < -0.39 is 24.1 Å². The molecule has 0 aromatic heterocycles. The predicted molar refractivity (Wildman–Crippen MR) is 63.3 cm³/mol. The van der Waals surface area contributed by atoms with Crippen molar-refractivity contribution in [3.8, 4) is 0 Å². The largest absolute Gasteiger partial charge is 0.465 e. The van der Waals surface area contributed by atoms with Gasteiger partial charge in [0.25, 0.3) is 5.91 Å². The molecule has 3 amide bonds. The van der Waals surface area contributed by atoms with E-state index in [9.17, 15) is 14.4 Å². The SMILES string of the molecule is O=C(NC1CN(C(=O)O)C1=O)OCc1ccccc1. The summed E-state index contributed by atoms with van der Waals surface area (Å²) in [6.07, 6.45) is -2.06. The third kappa shape index (κ3) is 3.01. The van der Waals surface area contributed by atoms with Crippen LogP contribution in [0.15, 0.2) is 30.3 Å². The van der Waals surface area contributed by atoms with E-state index in [1.165, 1.54) is 0 Å². The Hall–Kier alpha value is -2.57. The minimum absolute atomic E-state index is 0.0470. The average Bonchev–Trinajstić information content (AvgIpc) is 2.41. The van der Waals surface area contributed by atoms with Gasteiger partial charge in [-0.3, -0.25) is 4.79 Å². The summed E-state index contributed by atoms with van der Waals surface area (Å²) in [5.41, 5.74) is 0.824. The minimum atomic E-state index is -1.32. The Morgan fingerprint density at radius 3 is 2.63 bits per heavy atom. The maximum atomic E-state index is 11.4. The molecule has 1 aliphatic heterocycles. The summed E-state index contributed by atoms with van der Waals surface area (Å²) >= 11 is 0. The monoisotopic (exact) mass is 264 g/mol. The zero-order valence-electron chi connectivity index (χ0n) is 9.91. The highest BCUT2D eigenvalue weighted by Gasteiger charge is 2.42. The number of nitrogens with zero attached hydrogens (tertiary/aromatic N) is 1. The molecule has 0 radical (unpaired) electrons. The average molecular weight is 264 g/mol. The van der Waals surface area contributed by atoms with Crippen LogP contribution in [0.25, 0.3) is 0 Å². The molecule has 0 aliphatic carbocycles. The van der Waals surface area contributed by atoms with E-state index in [2.05, 4.69) is 5.32 Å². The number of amides is 3. The topological polar surface area (TPSA) is 95.9 Å². The van der Waals surface area contributed by atoms with E-state index in [1.807, 2.05) is 18.2 Å². The zero-order chi connectivity index (χ0) is 13.8. The lowest BCUT2D eigenvalue weighted by Gasteiger charge is -2.34. The fraction of sp³-hybridized carbons (Fsp3) is 0.250. The Kier molecular flexibility index (Phi) is 3.65. The van der Waals surface area contributed by atoms with Gasteiger partial charge in [-0.05, 0) is 5.56 Å². The number of carbonyl (C=O) groups excluding carboxylic acids is 2. The van der Waals surface area contributed by atoms with E-state index in [0.29, 0.717) is 4.90 Å². The number of nitrogens with one attached hydrogen (secondary N) is 1. The normalized spacial score (nSPS) is 17.6. The summed E-state index contributed by atoms with van der Waals surface area (Å²) in [6.45, 7) is 0.0465. The van der Waals surface area contributed by atoms with E-state index >= 15 is 0 Å². The third-order valence-corrected chi connectivity index (χ3v) is 2.67. The quantitative estimate of drug-likeness (QED) is 0.787. The van der Waals surface area contributed by atoms with Crippen LogP contribution in [-0.4, -0.2) is 40.7 Å². The van der Waals surface area contributed by atoms with Gasteiger partial charge in [-0.15, -0.1) is 0 Å². The Morgan fingerprint density at radius 2 is 2.05 bits per heavy atom. The number of carbonyl (C=O) groups is 3. The lowest BCUT2D eigenvalue weighted by atomic mass is 10.1. The molecule has 7 nitrogen and oxygen atoms in total. The van der Waals surface area contributed by atoms with E-state index in [-0.39, 0.29) is 13.2 Å². The van der Waals surface area contributed by atoms with Crippen LogP contribution < -0.4 is 5.32 Å². The van der Waals surface area contributed by atoms with E-state index in [1.54, 1.807) is 12.1 Å². The van der Waals surface area contributed by atoms with Crippen LogP contribution in [0.4, 0.5) is 9.59 Å². The van der Waals surface area contributed by atoms with Gasteiger partial charge in [0.15, 0.2) is 0 Å². The zero-order valence-corrected chi connectivity index (χ0v) is 9.91. The van der Waals surface area contributed by atoms with Crippen molar-refractivity contribution >= 4 is 18.1 Å². The summed E-state index contributed by atoms with van der Waals surface area (Å²) in [5.74, 6) is -0.649. The maximum absolute atomic E-state index is 11.4. The van der Waals surface area contributed by atoms with Gasteiger partial charge >= 0.3 is 12.2 Å². The van der Waals surface area contributed by atoms with Gasteiger partial charge in [-0.1, -0.05) is 30.3 Å². The van der Waals surface area contributed by atoms with Crippen molar-refractivity contribution in [3.05, 3.63) is 35.9 Å². The summed E-state index contributed by atoms with van der Waals surface area (Å²) in [5, 5.41) is 10.9. The highest BCUT2D eigenvalue weighted by Crippen LogP contribution is 2.10. The van der Waals surface area contributed by atoms with Crippen molar-refractivity contribution in [2.75, 3.05) is 6.54 Å². The molecule has 2 N–H and O–H groups in total. The lowest BCUT2D eigenvalue weighted by molar-refractivity contribution is -0.140. The molecule has 7 heteroatoms. The predicted octanol–water partition coefficient (Wildman–Crippen LogP) is 0.802. The second-order valence-corrected chi connectivity index (χ2v) is 3.99. The summed E-state index contributed by atoms with van der Waals surface area (Å²) < 4.78 is 4.91. The molecule has 1 aromatic rings. The van der Waals surface area contributed by atoms with Crippen molar-refractivity contribution in [1.29, 1.82) is 0 Å². The molecule has 1 atom stereocenters. The van der Waals surface area contributed by atoms with Gasteiger partial charge in [0.1, 0.15) is 12.6 Å². The molecule has 0 bridgehead atoms. The molecule has 1 heterocycles. The number of benzene rings is 1. The number of likely N-dealkylation sites (tertiary alicyclic amines) is 1. The molecule has 1 aliphatic rings. The number of hydrogen-bond acceptors (Lipinski definition) is 4. The molecule has 100 valence electrons. The first-order valence-electron chi connectivity index (χ1n) is 5.59. The molecule has 0 saturated carbocycles. The molecule has 0 spiro atoms. The third-order valence-electron chi connectivity index (χ3n) is 2.67. The Morgan fingerprint density at radius 1 is 1.37 bits per heavy atom. The molecule has 1 fully saturated rings. The van der Waals surface area contributed by atoms with Crippen LogP contribution in [0.5, 0.6) is 0 Å². The van der Waals surface area contributed by atoms with Crippen molar-refractivity contribution in [2.45, 2.75) is 12.6 Å². The Labute approximate surface area is 108 Å². The van der Waals surface area contributed by atoms with Gasteiger partial charge in [-0.25, -0.2) is 14.5 Å². The summed E-state index contributed by atoms with van der Waals surface area (Å²) in [7, 11) is 0. The van der Waals surface area contributed by atoms with Gasteiger partial charge < -0.3 is 15.2 Å². The smallest absolute Gasteiger partial charge is 0.414 e. The van der Waals surface area contributed by atoms with Gasteiger partial charge in [0, 0.05) is 0 Å². The number of hydrogen-bond donors (Lipinski definition) is 2. The van der Waals surface area contributed by atoms with Gasteiger partial charge in [-0.2, -0.15) is 0 Å². The molecule has 1 aromatic carbocycles. The highest BCUT2D eigenvalue weighted by molar-refractivity contribution is 6.01.